The Hall–Kier alpha value is -1.55. The second-order valence-corrected chi connectivity index (χ2v) is 5.17. The van der Waals surface area contributed by atoms with Crippen LogP contribution in [0.4, 0.5) is 0 Å². The number of piperidine rings is 1. The van der Waals surface area contributed by atoms with Crippen molar-refractivity contribution in [2.45, 2.75) is 31.3 Å². The Bertz CT molecular complexity index is 480. The number of carbonyl (C=O) groups is 1. The zero-order valence-corrected chi connectivity index (χ0v) is 11.1. The molecule has 2 unspecified atom stereocenters. The summed E-state index contributed by atoms with van der Waals surface area (Å²) in [6.07, 6.45) is 1.90. The first-order valence-corrected chi connectivity index (χ1v) is 6.92. The molecule has 1 fully saturated rings. The van der Waals surface area contributed by atoms with E-state index in [1.165, 1.54) is 0 Å². The molecule has 0 aliphatic carbocycles. The van der Waals surface area contributed by atoms with E-state index < -0.39 is 5.60 Å². The van der Waals surface area contributed by atoms with Gasteiger partial charge < -0.3 is 14.8 Å². The quantitative estimate of drug-likeness (QED) is 0.825. The lowest BCUT2D eigenvalue weighted by Crippen LogP contribution is -2.53. The molecule has 1 N–H and O–H groups in total. The Labute approximate surface area is 113 Å². The molecule has 1 saturated heterocycles. The molecule has 0 bridgehead atoms. The summed E-state index contributed by atoms with van der Waals surface area (Å²) in [4.78, 5) is 12.4. The first kappa shape index (κ1) is 12.5. The summed E-state index contributed by atoms with van der Waals surface area (Å²) in [7, 11) is 0. The fourth-order valence-corrected chi connectivity index (χ4v) is 3.18. The number of rotatable bonds is 2. The van der Waals surface area contributed by atoms with Crippen molar-refractivity contribution in [3.63, 3.8) is 0 Å². The molecule has 0 aromatic heterocycles. The SMILES string of the molecule is CCOC(=O)C1c2ccccc2OC12CCCNC2. The Morgan fingerprint density at radius 3 is 3.11 bits per heavy atom. The van der Waals surface area contributed by atoms with E-state index in [1.54, 1.807) is 0 Å². The minimum atomic E-state index is -0.464. The second-order valence-electron chi connectivity index (χ2n) is 5.17. The number of nitrogens with one attached hydrogen (secondary N) is 1. The molecule has 0 saturated carbocycles. The van der Waals surface area contributed by atoms with E-state index in [9.17, 15) is 4.79 Å². The molecule has 2 atom stereocenters. The number of ether oxygens (including phenoxy) is 2. The molecule has 102 valence electrons. The van der Waals surface area contributed by atoms with Crippen LogP contribution in [0.1, 0.15) is 31.2 Å². The molecular formula is C15H19NO3. The summed E-state index contributed by atoms with van der Waals surface area (Å²) in [5, 5.41) is 3.35. The van der Waals surface area contributed by atoms with Crippen molar-refractivity contribution in [1.82, 2.24) is 5.32 Å². The van der Waals surface area contributed by atoms with Gasteiger partial charge in [0.25, 0.3) is 0 Å². The highest BCUT2D eigenvalue weighted by Gasteiger charge is 2.53. The summed E-state index contributed by atoms with van der Waals surface area (Å²) in [6, 6.07) is 7.80. The summed E-state index contributed by atoms with van der Waals surface area (Å²) < 4.78 is 11.4. The van der Waals surface area contributed by atoms with Crippen molar-refractivity contribution < 1.29 is 14.3 Å². The van der Waals surface area contributed by atoms with Crippen molar-refractivity contribution >= 4 is 5.97 Å². The van der Waals surface area contributed by atoms with Gasteiger partial charge in [0.1, 0.15) is 17.3 Å². The number of carbonyl (C=O) groups excluding carboxylic acids is 1. The van der Waals surface area contributed by atoms with Crippen LogP contribution in [0.25, 0.3) is 0 Å². The largest absolute Gasteiger partial charge is 0.484 e. The average Bonchev–Trinajstić information content (AvgIpc) is 2.73. The van der Waals surface area contributed by atoms with Crippen LogP contribution < -0.4 is 10.1 Å². The van der Waals surface area contributed by atoms with Gasteiger partial charge in [-0.15, -0.1) is 0 Å². The Balaban J connectivity index is 1.99. The van der Waals surface area contributed by atoms with Crippen LogP contribution in [-0.2, 0) is 9.53 Å². The van der Waals surface area contributed by atoms with Crippen LogP contribution in [0.15, 0.2) is 24.3 Å². The van der Waals surface area contributed by atoms with Crippen LogP contribution in [0.3, 0.4) is 0 Å². The Morgan fingerprint density at radius 1 is 1.53 bits per heavy atom. The molecular weight excluding hydrogens is 242 g/mol. The van der Waals surface area contributed by atoms with Gasteiger partial charge >= 0.3 is 5.97 Å². The molecule has 1 aromatic rings. The molecule has 2 heterocycles. The predicted octanol–water partition coefficient (Wildman–Crippen LogP) is 1.85. The third-order valence-corrected chi connectivity index (χ3v) is 3.97. The lowest BCUT2D eigenvalue weighted by atomic mass is 9.79. The molecule has 1 aromatic carbocycles. The third-order valence-electron chi connectivity index (χ3n) is 3.97. The van der Waals surface area contributed by atoms with Gasteiger partial charge in [-0.1, -0.05) is 18.2 Å². The van der Waals surface area contributed by atoms with Gasteiger partial charge in [0.05, 0.1) is 6.61 Å². The maximum absolute atomic E-state index is 12.4. The van der Waals surface area contributed by atoms with Gasteiger partial charge in [-0.3, -0.25) is 4.79 Å². The number of hydrogen-bond acceptors (Lipinski definition) is 4. The van der Waals surface area contributed by atoms with Crippen LogP contribution in [-0.4, -0.2) is 31.3 Å². The van der Waals surface area contributed by atoms with E-state index >= 15 is 0 Å². The van der Waals surface area contributed by atoms with E-state index in [1.807, 2.05) is 31.2 Å². The highest BCUT2D eigenvalue weighted by Crippen LogP contribution is 2.48. The topological polar surface area (TPSA) is 47.6 Å². The second kappa shape index (κ2) is 4.85. The maximum atomic E-state index is 12.4. The highest BCUT2D eigenvalue weighted by atomic mass is 16.5. The normalized spacial score (nSPS) is 28.8. The van der Waals surface area contributed by atoms with E-state index in [2.05, 4.69) is 5.32 Å². The number of para-hydroxylation sites is 1. The van der Waals surface area contributed by atoms with Crippen molar-refractivity contribution in [3.8, 4) is 5.75 Å². The van der Waals surface area contributed by atoms with Crippen LogP contribution in [0.2, 0.25) is 0 Å². The van der Waals surface area contributed by atoms with Crippen molar-refractivity contribution in [1.29, 1.82) is 0 Å². The van der Waals surface area contributed by atoms with Gasteiger partial charge in [-0.2, -0.15) is 0 Å². The van der Waals surface area contributed by atoms with E-state index in [-0.39, 0.29) is 11.9 Å². The minimum absolute atomic E-state index is 0.170. The van der Waals surface area contributed by atoms with E-state index in [0.717, 1.165) is 30.7 Å². The van der Waals surface area contributed by atoms with Crippen LogP contribution in [0.5, 0.6) is 5.75 Å². The minimum Gasteiger partial charge on any atom is -0.484 e. The van der Waals surface area contributed by atoms with Gasteiger partial charge in [0, 0.05) is 12.1 Å². The van der Waals surface area contributed by atoms with Gasteiger partial charge in [0.2, 0.25) is 0 Å². The van der Waals surface area contributed by atoms with Crippen LogP contribution in [0, 0.1) is 0 Å². The number of benzene rings is 1. The molecule has 4 heteroatoms. The van der Waals surface area contributed by atoms with Gasteiger partial charge in [-0.05, 0) is 32.4 Å². The number of esters is 1. The lowest BCUT2D eigenvalue weighted by Gasteiger charge is -2.37. The zero-order chi connectivity index (χ0) is 13.3. The first-order chi connectivity index (χ1) is 9.27. The molecule has 2 aliphatic rings. The van der Waals surface area contributed by atoms with E-state index in [4.69, 9.17) is 9.47 Å². The molecule has 0 radical (unpaired) electrons. The molecule has 1 spiro atoms. The highest BCUT2D eigenvalue weighted by molar-refractivity contribution is 5.82. The monoisotopic (exact) mass is 261 g/mol. The molecule has 4 nitrogen and oxygen atoms in total. The summed E-state index contributed by atoms with van der Waals surface area (Å²) >= 11 is 0. The summed E-state index contributed by atoms with van der Waals surface area (Å²) in [5.74, 6) is 0.344. The Kier molecular flexibility index (Phi) is 3.19. The summed E-state index contributed by atoms with van der Waals surface area (Å²) in [6.45, 7) is 3.93. The van der Waals surface area contributed by atoms with Crippen LogP contribution >= 0.6 is 0 Å². The fraction of sp³-hybridized carbons (Fsp3) is 0.533. The third kappa shape index (κ3) is 2.00. The molecule has 2 aliphatic heterocycles. The number of hydrogen-bond donors (Lipinski definition) is 1. The summed E-state index contributed by atoms with van der Waals surface area (Å²) in [5.41, 5.74) is 0.499. The predicted molar refractivity (Wildman–Crippen MR) is 71.3 cm³/mol. The zero-order valence-electron chi connectivity index (χ0n) is 11.1. The molecule has 19 heavy (non-hydrogen) atoms. The van der Waals surface area contributed by atoms with Crippen molar-refractivity contribution in [3.05, 3.63) is 29.8 Å². The smallest absolute Gasteiger partial charge is 0.317 e. The van der Waals surface area contributed by atoms with Gasteiger partial charge in [-0.25, -0.2) is 0 Å². The van der Waals surface area contributed by atoms with Gasteiger partial charge in [0.15, 0.2) is 0 Å². The van der Waals surface area contributed by atoms with Crippen molar-refractivity contribution in [2.75, 3.05) is 19.7 Å². The fourth-order valence-electron chi connectivity index (χ4n) is 3.18. The van der Waals surface area contributed by atoms with E-state index in [0.29, 0.717) is 13.2 Å². The molecule has 0 amide bonds. The standard InChI is InChI=1S/C15H19NO3/c1-2-18-14(17)13-11-6-3-4-7-12(11)19-15(13)8-5-9-16-10-15/h3-4,6-7,13,16H,2,5,8-10H2,1H3. The first-order valence-electron chi connectivity index (χ1n) is 6.92. The average molecular weight is 261 g/mol. The number of fused-ring (bicyclic) bond motifs is 1. The maximum Gasteiger partial charge on any atom is 0.317 e. The lowest BCUT2D eigenvalue weighted by molar-refractivity contribution is -0.149. The molecule has 3 rings (SSSR count). The van der Waals surface area contributed by atoms with Crippen molar-refractivity contribution in [2.24, 2.45) is 0 Å². The Morgan fingerprint density at radius 2 is 2.37 bits per heavy atom.